The predicted octanol–water partition coefficient (Wildman–Crippen LogP) is 0.392. The van der Waals surface area contributed by atoms with Crippen molar-refractivity contribution in [2.24, 2.45) is 11.7 Å². The maximum atomic E-state index is 11.6. The second-order valence-corrected chi connectivity index (χ2v) is 4.52. The van der Waals surface area contributed by atoms with Gasteiger partial charge in [-0.05, 0) is 19.8 Å². The van der Waals surface area contributed by atoms with Crippen LogP contribution in [0, 0.1) is 5.92 Å². The van der Waals surface area contributed by atoms with Crippen LogP contribution in [0.2, 0.25) is 0 Å². The van der Waals surface area contributed by atoms with Gasteiger partial charge in [0.25, 0.3) is 0 Å². The lowest BCUT2D eigenvalue weighted by Crippen LogP contribution is -2.32. The lowest BCUT2D eigenvalue weighted by atomic mass is 10.0. The van der Waals surface area contributed by atoms with Gasteiger partial charge in [0.1, 0.15) is 0 Å². The summed E-state index contributed by atoms with van der Waals surface area (Å²) in [7, 11) is 1.58. The van der Waals surface area contributed by atoms with Crippen LogP contribution in [-0.4, -0.2) is 31.4 Å². The Morgan fingerprint density at radius 3 is 2.41 bits per heavy atom. The van der Waals surface area contributed by atoms with E-state index in [0.29, 0.717) is 13.0 Å². The van der Waals surface area contributed by atoms with Crippen LogP contribution in [0.4, 0.5) is 0 Å². The average Bonchev–Trinajstić information content (AvgIpc) is 2.27. The van der Waals surface area contributed by atoms with E-state index in [1.165, 1.54) is 0 Å². The number of carbonyl (C=O) groups excluding carboxylic acids is 2. The highest BCUT2D eigenvalue weighted by Crippen LogP contribution is 2.08. The van der Waals surface area contributed by atoms with E-state index in [9.17, 15) is 9.59 Å². The second-order valence-electron chi connectivity index (χ2n) is 4.52. The van der Waals surface area contributed by atoms with E-state index in [0.717, 1.165) is 19.3 Å². The van der Waals surface area contributed by atoms with Crippen molar-refractivity contribution in [2.75, 3.05) is 13.6 Å². The van der Waals surface area contributed by atoms with Gasteiger partial charge >= 0.3 is 0 Å². The quantitative estimate of drug-likeness (QED) is 0.576. The first kappa shape index (κ1) is 15.9. The molecular weight excluding hydrogens is 218 g/mol. The van der Waals surface area contributed by atoms with E-state index in [4.69, 9.17) is 5.73 Å². The fourth-order valence-electron chi connectivity index (χ4n) is 1.48. The zero-order valence-electron chi connectivity index (χ0n) is 11.1. The third-order valence-corrected chi connectivity index (χ3v) is 2.67. The fourth-order valence-corrected chi connectivity index (χ4v) is 1.48. The first-order chi connectivity index (χ1) is 7.97. The molecule has 5 heteroatoms. The van der Waals surface area contributed by atoms with Crippen LogP contribution in [0.3, 0.4) is 0 Å². The number of rotatable bonds is 8. The Morgan fingerprint density at radius 1 is 1.24 bits per heavy atom. The van der Waals surface area contributed by atoms with Crippen molar-refractivity contribution in [3.05, 3.63) is 0 Å². The Bertz CT molecular complexity index is 242. The molecule has 2 amide bonds. The van der Waals surface area contributed by atoms with Gasteiger partial charge in [0.15, 0.2) is 0 Å². The summed E-state index contributed by atoms with van der Waals surface area (Å²) in [4.78, 5) is 22.5. The largest absolute Gasteiger partial charge is 0.359 e. The van der Waals surface area contributed by atoms with Crippen molar-refractivity contribution >= 4 is 11.8 Å². The molecular formula is C12H25N3O2. The minimum atomic E-state index is -0.0603. The van der Waals surface area contributed by atoms with Crippen molar-refractivity contribution in [3.8, 4) is 0 Å². The topological polar surface area (TPSA) is 84.2 Å². The molecule has 0 radical (unpaired) electrons. The van der Waals surface area contributed by atoms with Gasteiger partial charge in [-0.2, -0.15) is 0 Å². The van der Waals surface area contributed by atoms with E-state index in [-0.39, 0.29) is 23.8 Å². The third-order valence-electron chi connectivity index (χ3n) is 2.67. The molecule has 0 aliphatic carbocycles. The van der Waals surface area contributed by atoms with E-state index >= 15 is 0 Å². The number of nitrogens with two attached hydrogens (primary N) is 1. The first-order valence-electron chi connectivity index (χ1n) is 6.21. The summed E-state index contributed by atoms with van der Waals surface area (Å²) in [5.41, 5.74) is 5.64. The van der Waals surface area contributed by atoms with Gasteiger partial charge in [0.2, 0.25) is 11.8 Å². The van der Waals surface area contributed by atoms with Gasteiger partial charge in [-0.1, -0.05) is 13.3 Å². The normalized spacial score (nSPS) is 13.9. The van der Waals surface area contributed by atoms with Gasteiger partial charge in [0.05, 0.1) is 0 Å². The lowest BCUT2D eigenvalue weighted by Gasteiger charge is -2.12. The van der Waals surface area contributed by atoms with Crippen LogP contribution in [0.1, 0.15) is 39.5 Å². The zero-order valence-corrected chi connectivity index (χ0v) is 11.1. The Balaban J connectivity index is 3.64. The summed E-state index contributed by atoms with van der Waals surface area (Å²) >= 11 is 0. The monoisotopic (exact) mass is 243 g/mol. The summed E-state index contributed by atoms with van der Waals surface area (Å²) in [6.07, 6.45) is 3.07. The molecule has 2 atom stereocenters. The summed E-state index contributed by atoms with van der Waals surface area (Å²) in [5, 5.41) is 5.27. The molecule has 0 aromatic rings. The number of hydrogen-bond acceptors (Lipinski definition) is 3. The summed E-state index contributed by atoms with van der Waals surface area (Å²) < 4.78 is 0. The Labute approximate surface area is 104 Å². The number of carbonyl (C=O) groups is 2. The highest BCUT2D eigenvalue weighted by molar-refractivity contribution is 5.80. The van der Waals surface area contributed by atoms with E-state index in [2.05, 4.69) is 10.6 Å². The van der Waals surface area contributed by atoms with Gasteiger partial charge < -0.3 is 16.4 Å². The van der Waals surface area contributed by atoms with Crippen LogP contribution >= 0.6 is 0 Å². The summed E-state index contributed by atoms with van der Waals surface area (Å²) in [5.74, 6) is -0.0630. The maximum Gasteiger partial charge on any atom is 0.222 e. The highest BCUT2D eigenvalue weighted by atomic mass is 16.2. The fraction of sp³-hybridized carbons (Fsp3) is 0.833. The van der Waals surface area contributed by atoms with Crippen molar-refractivity contribution in [2.45, 2.75) is 45.6 Å². The Hall–Kier alpha value is -1.10. The van der Waals surface area contributed by atoms with Crippen LogP contribution in [0.15, 0.2) is 0 Å². The van der Waals surface area contributed by atoms with Crippen LogP contribution in [0.25, 0.3) is 0 Å². The van der Waals surface area contributed by atoms with Crippen LogP contribution in [0.5, 0.6) is 0 Å². The average molecular weight is 243 g/mol. The standard InChI is InChI=1S/C12H25N3O2/c1-9(5-4-6-10(2)13)12(17)15-8-7-11(16)14-3/h9-10H,4-8,13H2,1-3H3,(H,14,16)(H,15,17). The predicted molar refractivity (Wildman–Crippen MR) is 68.4 cm³/mol. The molecule has 0 fully saturated rings. The first-order valence-corrected chi connectivity index (χ1v) is 6.21. The molecule has 2 unspecified atom stereocenters. The van der Waals surface area contributed by atoms with Crippen molar-refractivity contribution in [3.63, 3.8) is 0 Å². The summed E-state index contributed by atoms with van der Waals surface area (Å²) in [6.45, 7) is 4.26. The minimum Gasteiger partial charge on any atom is -0.359 e. The van der Waals surface area contributed by atoms with Crippen molar-refractivity contribution in [1.82, 2.24) is 10.6 Å². The molecule has 4 N–H and O–H groups in total. The van der Waals surface area contributed by atoms with Gasteiger partial charge in [0, 0.05) is 32.0 Å². The van der Waals surface area contributed by atoms with Gasteiger partial charge in [-0.3, -0.25) is 9.59 Å². The molecule has 0 spiro atoms. The van der Waals surface area contributed by atoms with Crippen molar-refractivity contribution < 1.29 is 9.59 Å². The van der Waals surface area contributed by atoms with E-state index in [1.54, 1.807) is 7.05 Å². The molecule has 0 aliphatic heterocycles. The summed E-state index contributed by atoms with van der Waals surface area (Å²) in [6, 6.07) is 0.193. The van der Waals surface area contributed by atoms with E-state index < -0.39 is 0 Å². The van der Waals surface area contributed by atoms with Crippen LogP contribution < -0.4 is 16.4 Å². The zero-order chi connectivity index (χ0) is 13.3. The molecule has 0 rings (SSSR count). The molecule has 17 heavy (non-hydrogen) atoms. The highest BCUT2D eigenvalue weighted by Gasteiger charge is 2.12. The molecule has 100 valence electrons. The number of amides is 2. The molecule has 5 nitrogen and oxygen atoms in total. The Kier molecular flexibility index (Phi) is 8.40. The molecule has 0 aromatic heterocycles. The van der Waals surface area contributed by atoms with Crippen molar-refractivity contribution in [1.29, 1.82) is 0 Å². The molecule has 0 bridgehead atoms. The number of nitrogens with one attached hydrogen (secondary N) is 2. The molecule has 0 aromatic carbocycles. The molecule has 0 saturated carbocycles. The third kappa shape index (κ3) is 8.68. The molecule has 0 aliphatic rings. The Morgan fingerprint density at radius 2 is 1.88 bits per heavy atom. The molecule has 0 heterocycles. The lowest BCUT2D eigenvalue weighted by molar-refractivity contribution is -0.125. The SMILES string of the molecule is CNC(=O)CCNC(=O)C(C)CCCC(C)N. The minimum absolute atomic E-state index is 0.0126. The number of hydrogen-bond donors (Lipinski definition) is 3. The van der Waals surface area contributed by atoms with Gasteiger partial charge in [-0.15, -0.1) is 0 Å². The molecule has 0 saturated heterocycles. The van der Waals surface area contributed by atoms with E-state index in [1.807, 2.05) is 13.8 Å². The smallest absolute Gasteiger partial charge is 0.222 e. The maximum absolute atomic E-state index is 11.6. The van der Waals surface area contributed by atoms with Crippen LogP contribution in [-0.2, 0) is 9.59 Å². The second kappa shape index (κ2) is 8.98. The van der Waals surface area contributed by atoms with Gasteiger partial charge in [-0.25, -0.2) is 0 Å².